The molecule has 1 aromatic rings. The lowest BCUT2D eigenvalue weighted by molar-refractivity contribution is -0.121. The van der Waals surface area contributed by atoms with Crippen LogP contribution in [0.15, 0.2) is 30.3 Å². The number of unbranched alkanes of at least 4 members (excludes halogenated alkanes) is 3. The van der Waals surface area contributed by atoms with Crippen molar-refractivity contribution in [3.05, 3.63) is 35.9 Å². The Labute approximate surface area is 125 Å². The Morgan fingerprint density at radius 2 is 1.74 bits per heavy atom. The summed E-state index contributed by atoms with van der Waals surface area (Å²) in [6, 6.07) is 10.3. The molecule has 1 N–H and O–H groups in total. The number of halogens is 1. The highest BCUT2D eigenvalue weighted by Gasteiger charge is 2.00. The SMILES string of the molecule is O=C(CCCc1ccccc1)NCCCCCCBr. The minimum absolute atomic E-state index is 0.191. The number of rotatable bonds is 10. The van der Waals surface area contributed by atoms with Crippen molar-refractivity contribution in [2.24, 2.45) is 0 Å². The monoisotopic (exact) mass is 325 g/mol. The lowest BCUT2D eigenvalue weighted by Crippen LogP contribution is -2.24. The van der Waals surface area contributed by atoms with Crippen LogP contribution >= 0.6 is 15.9 Å². The Balaban J connectivity index is 1.96. The summed E-state index contributed by atoms with van der Waals surface area (Å²) in [4.78, 5) is 11.6. The van der Waals surface area contributed by atoms with Crippen molar-refractivity contribution in [3.8, 4) is 0 Å². The number of amides is 1. The van der Waals surface area contributed by atoms with Crippen LogP contribution in [0.3, 0.4) is 0 Å². The fraction of sp³-hybridized carbons (Fsp3) is 0.562. The molecule has 0 unspecified atom stereocenters. The molecule has 0 aromatic heterocycles. The molecule has 0 bridgehead atoms. The lowest BCUT2D eigenvalue weighted by Gasteiger charge is -2.05. The summed E-state index contributed by atoms with van der Waals surface area (Å²) in [5, 5.41) is 4.08. The second-order valence-electron chi connectivity index (χ2n) is 4.79. The van der Waals surface area contributed by atoms with E-state index in [9.17, 15) is 4.79 Å². The molecule has 19 heavy (non-hydrogen) atoms. The van der Waals surface area contributed by atoms with E-state index in [1.165, 1.54) is 24.8 Å². The molecular weight excluding hydrogens is 302 g/mol. The molecule has 0 radical (unpaired) electrons. The van der Waals surface area contributed by atoms with Gasteiger partial charge >= 0.3 is 0 Å². The Kier molecular flexibility index (Phi) is 9.42. The maximum atomic E-state index is 11.6. The van der Waals surface area contributed by atoms with Crippen LogP contribution in [0.4, 0.5) is 0 Å². The number of benzene rings is 1. The van der Waals surface area contributed by atoms with Crippen molar-refractivity contribution in [3.63, 3.8) is 0 Å². The first-order valence-electron chi connectivity index (χ1n) is 7.19. The van der Waals surface area contributed by atoms with Crippen LogP contribution < -0.4 is 5.32 Å². The summed E-state index contributed by atoms with van der Waals surface area (Å²) in [6.45, 7) is 0.826. The minimum atomic E-state index is 0.191. The van der Waals surface area contributed by atoms with Crippen molar-refractivity contribution < 1.29 is 4.79 Å². The van der Waals surface area contributed by atoms with Gasteiger partial charge in [-0.05, 0) is 31.2 Å². The lowest BCUT2D eigenvalue weighted by atomic mass is 10.1. The van der Waals surface area contributed by atoms with E-state index in [2.05, 4.69) is 33.4 Å². The van der Waals surface area contributed by atoms with Crippen molar-refractivity contribution in [2.75, 3.05) is 11.9 Å². The van der Waals surface area contributed by atoms with Crippen LogP contribution in [0.5, 0.6) is 0 Å². The fourth-order valence-electron chi connectivity index (χ4n) is 1.99. The smallest absolute Gasteiger partial charge is 0.220 e. The molecule has 0 heterocycles. The van der Waals surface area contributed by atoms with E-state index in [0.717, 1.165) is 31.1 Å². The maximum Gasteiger partial charge on any atom is 0.220 e. The van der Waals surface area contributed by atoms with Gasteiger partial charge in [0.2, 0.25) is 5.91 Å². The molecule has 1 rings (SSSR count). The zero-order valence-corrected chi connectivity index (χ0v) is 13.1. The normalized spacial score (nSPS) is 10.4. The molecule has 1 amide bonds. The van der Waals surface area contributed by atoms with Gasteiger partial charge in [0.25, 0.3) is 0 Å². The van der Waals surface area contributed by atoms with E-state index < -0.39 is 0 Å². The van der Waals surface area contributed by atoms with E-state index in [1.54, 1.807) is 0 Å². The van der Waals surface area contributed by atoms with E-state index in [4.69, 9.17) is 0 Å². The van der Waals surface area contributed by atoms with E-state index in [-0.39, 0.29) is 5.91 Å². The molecule has 1 aromatic carbocycles. The first kappa shape index (κ1) is 16.2. The third-order valence-corrected chi connectivity index (χ3v) is 3.66. The van der Waals surface area contributed by atoms with E-state index in [1.807, 2.05) is 18.2 Å². The van der Waals surface area contributed by atoms with Gasteiger partial charge < -0.3 is 5.32 Å². The van der Waals surface area contributed by atoms with Gasteiger partial charge in [0.1, 0.15) is 0 Å². The van der Waals surface area contributed by atoms with Gasteiger partial charge in [-0.25, -0.2) is 0 Å². The maximum absolute atomic E-state index is 11.6. The van der Waals surface area contributed by atoms with Gasteiger partial charge in [-0.3, -0.25) is 4.79 Å². The van der Waals surface area contributed by atoms with Gasteiger partial charge in [-0.1, -0.05) is 59.1 Å². The van der Waals surface area contributed by atoms with Gasteiger partial charge in [0.05, 0.1) is 0 Å². The third kappa shape index (κ3) is 8.82. The van der Waals surface area contributed by atoms with E-state index >= 15 is 0 Å². The number of hydrogen-bond acceptors (Lipinski definition) is 1. The predicted octanol–water partition coefficient (Wildman–Crippen LogP) is 4.08. The molecule has 0 aliphatic rings. The number of alkyl halides is 1. The number of aryl methyl sites for hydroxylation is 1. The molecule has 0 spiro atoms. The summed E-state index contributed by atoms with van der Waals surface area (Å²) < 4.78 is 0. The van der Waals surface area contributed by atoms with Crippen LogP contribution in [0.25, 0.3) is 0 Å². The quantitative estimate of drug-likeness (QED) is 0.509. The van der Waals surface area contributed by atoms with Gasteiger partial charge in [-0.2, -0.15) is 0 Å². The second-order valence-corrected chi connectivity index (χ2v) is 5.59. The van der Waals surface area contributed by atoms with Crippen molar-refractivity contribution >= 4 is 21.8 Å². The standard InChI is InChI=1S/C16H24BrNO/c17-13-6-1-2-7-14-18-16(19)12-8-11-15-9-4-3-5-10-15/h3-5,9-10H,1-2,6-8,11-14H2,(H,18,19). The summed E-state index contributed by atoms with van der Waals surface area (Å²) in [5.74, 6) is 0.191. The summed E-state index contributed by atoms with van der Waals surface area (Å²) in [7, 11) is 0. The summed E-state index contributed by atoms with van der Waals surface area (Å²) in [6.07, 6.45) is 7.32. The molecule has 0 saturated carbocycles. The van der Waals surface area contributed by atoms with Crippen LogP contribution in [-0.4, -0.2) is 17.8 Å². The first-order valence-corrected chi connectivity index (χ1v) is 8.31. The topological polar surface area (TPSA) is 29.1 Å². The van der Waals surface area contributed by atoms with Gasteiger partial charge in [-0.15, -0.1) is 0 Å². The van der Waals surface area contributed by atoms with Crippen LogP contribution in [0, 0.1) is 0 Å². The van der Waals surface area contributed by atoms with Crippen LogP contribution in [0.2, 0.25) is 0 Å². The van der Waals surface area contributed by atoms with E-state index in [0.29, 0.717) is 6.42 Å². The zero-order valence-electron chi connectivity index (χ0n) is 11.5. The molecule has 3 heteroatoms. The molecule has 106 valence electrons. The molecular formula is C16H24BrNO. The number of carbonyl (C=O) groups is 1. The first-order chi connectivity index (χ1) is 9.33. The highest BCUT2D eigenvalue weighted by Crippen LogP contribution is 2.04. The highest BCUT2D eigenvalue weighted by atomic mass is 79.9. The third-order valence-electron chi connectivity index (χ3n) is 3.09. The fourth-order valence-corrected chi connectivity index (χ4v) is 2.38. The van der Waals surface area contributed by atoms with Gasteiger partial charge in [0.15, 0.2) is 0 Å². The summed E-state index contributed by atoms with van der Waals surface area (Å²) in [5.41, 5.74) is 1.31. The number of nitrogens with one attached hydrogen (secondary N) is 1. The number of carbonyl (C=O) groups excluding carboxylic acids is 1. The van der Waals surface area contributed by atoms with Crippen LogP contribution in [-0.2, 0) is 11.2 Å². The Bertz CT molecular complexity index is 340. The van der Waals surface area contributed by atoms with Crippen molar-refractivity contribution in [1.29, 1.82) is 0 Å². The Hall–Kier alpha value is -0.830. The largest absolute Gasteiger partial charge is 0.356 e. The van der Waals surface area contributed by atoms with Gasteiger partial charge in [0, 0.05) is 18.3 Å². The Morgan fingerprint density at radius 1 is 1.00 bits per heavy atom. The molecule has 0 atom stereocenters. The zero-order chi connectivity index (χ0) is 13.8. The molecule has 0 aliphatic heterocycles. The van der Waals surface area contributed by atoms with Crippen molar-refractivity contribution in [1.82, 2.24) is 5.32 Å². The second kappa shape index (κ2) is 11.0. The van der Waals surface area contributed by atoms with Crippen LogP contribution in [0.1, 0.15) is 44.1 Å². The molecule has 0 aliphatic carbocycles. The average molecular weight is 326 g/mol. The predicted molar refractivity (Wildman–Crippen MR) is 84.7 cm³/mol. The Morgan fingerprint density at radius 3 is 2.47 bits per heavy atom. The molecule has 0 fully saturated rings. The molecule has 0 saturated heterocycles. The summed E-state index contributed by atoms with van der Waals surface area (Å²) >= 11 is 3.42. The minimum Gasteiger partial charge on any atom is -0.356 e. The van der Waals surface area contributed by atoms with Crippen molar-refractivity contribution in [2.45, 2.75) is 44.9 Å². The number of hydrogen-bond donors (Lipinski definition) is 1. The molecule has 2 nitrogen and oxygen atoms in total. The highest BCUT2D eigenvalue weighted by molar-refractivity contribution is 9.09. The average Bonchev–Trinajstić information content (AvgIpc) is 2.44.